The highest BCUT2D eigenvalue weighted by molar-refractivity contribution is 9.08. The highest BCUT2D eigenvalue weighted by atomic mass is 79.9. The maximum atomic E-state index is 4.46. The van der Waals surface area contributed by atoms with Gasteiger partial charge in [0.05, 0.1) is 10.7 Å². The molecule has 3 heteroatoms. The van der Waals surface area contributed by atoms with Gasteiger partial charge in [-0.3, -0.25) is 0 Å². The van der Waals surface area contributed by atoms with E-state index in [1.165, 1.54) is 23.5 Å². The largest absolute Gasteiger partial charge is 0.245 e. The van der Waals surface area contributed by atoms with Crippen LogP contribution in [-0.2, 0) is 5.33 Å². The number of thiazole rings is 1. The lowest BCUT2D eigenvalue weighted by Crippen LogP contribution is -1.78. The van der Waals surface area contributed by atoms with Crippen LogP contribution in [0, 0.1) is 0 Å². The molecule has 1 aliphatic carbocycles. The second-order valence-electron chi connectivity index (χ2n) is 2.58. The molecule has 0 unspecified atom stereocenters. The van der Waals surface area contributed by atoms with Gasteiger partial charge in [0.15, 0.2) is 0 Å². The number of rotatable bonds is 2. The summed E-state index contributed by atoms with van der Waals surface area (Å²) in [5.74, 6) is 0.817. The molecule has 0 radical (unpaired) electrons. The second-order valence-corrected chi connectivity index (χ2v) is 4.04. The van der Waals surface area contributed by atoms with Crippen molar-refractivity contribution in [2.24, 2.45) is 0 Å². The monoisotopic (exact) mass is 217 g/mol. The predicted octanol–water partition coefficient (Wildman–Crippen LogP) is 2.92. The van der Waals surface area contributed by atoms with Gasteiger partial charge in [0.25, 0.3) is 0 Å². The molecule has 0 aliphatic heterocycles. The standard InChI is InChI=1S/C7H8BrNS/c8-3-6-4-10-7(9-6)5-1-2-5/h4-5H,1-3H2. The number of aromatic nitrogens is 1. The first-order chi connectivity index (χ1) is 4.90. The summed E-state index contributed by atoms with van der Waals surface area (Å²) in [4.78, 5) is 4.46. The zero-order valence-corrected chi connectivity index (χ0v) is 7.91. The Labute approximate surface area is 72.6 Å². The first-order valence-corrected chi connectivity index (χ1v) is 5.40. The van der Waals surface area contributed by atoms with Crippen molar-refractivity contribution in [3.63, 3.8) is 0 Å². The second kappa shape index (κ2) is 2.62. The summed E-state index contributed by atoms with van der Waals surface area (Å²) >= 11 is 5.19. The van der Waals surface area contributed by atoms with E-state index < -0.39 is 0 Å². The highest BCUT2D eigenvalue weighted by Gasteiger charge is 2.26. The Hall–Kier alpha value is 0.110. The van der Waals surface area contributed by atoms with E-state index in [9.17, 15) is 0 Å². The van der Waals surface area contributed by atoms with Crippen molar-refractivity contribution in [2.75, 3.05) is 0 Å². The van der Waals surface area contributed by atoms with Gasteiger partial charge in [-0.25, -0.2) is 4.98 Å². The van der Waals surface area contributed by atoms with Crippen molar-refractivity contribution < 1.29 is 0 Å². The lowest BCUT2D eigenvalue weighted by molar-refractivity contribution is 1.05. The van der Waals surface area contributed by atoms with Gasteiger partial charge in [0.1, 0.15) is 0 Å². The van der Waals surface area contributed by atoms with E-state index >= 15 is 0 Å². The van der Waals surface area contributed by atoms with Crippen LogP contribution in [0.5, 0.6) is 0 Å². The van der Waals surface area contributed by atoms with Gasteiger partial charge < -0.3 is 0 Å². The maximum absolute atomic E-state index is 4.46. The predicted molar refractivity (Wildman–Crippen MR) is 46.7 cm³/mol. The third-order valence-corrected chi connectivity index (χ3v) is 3.26. The van der Waals surface area contributed by atoms with Crippen LogP contribution >= 0.6 is 27.3 Å². The van der Waals surface area contributed by atoms with Crippen LogP contribution in [0.1, 0.15) is 29.5 Å². The van der Waals surface area contributed by atoms with Gasteiger partial charge >= 0.3 is 0 Å². The van der Waals surface area contributed by atoms with Gasteiger partial charge in [-0.05, 0) is 12.8 Å². The first-order valence-electron chi connectivity index (χ1n) is 3.40. The molecule has 0 spiro atoms. The molecular weight excluding hydrogens is 210 g/mol. The molecule has 1 heterocycles. The van der Waals surface area contributed by atoms with Crippen LogP contribution in [0.25, 0.3) is 0 Å². The van der Waals surface area contributed by atoms with Crippen molar-refractivity contribution in [1.82, 2.24) is 4.98 Å². The summed E-state index contributed by atoms with van der Waals surface area (Å²) in [6.07, 6.45) is 2.71. The first kappa shape index (κ1) is 6.80. The molecule has 1 aliphatic rings. The lowest BCUT2D eigenvalue weighted by atomic mass is 10.4. The van der Waals surface area contributed by atoms with Crippen molar-refractivity contribution in [2.45, 2.75) is 24.1 Å². The topological polar surface area (TPSA) is 12.9 Å². The van der Waals surface area contributed by atoms with Gasteiger partial charge in [0, 0.05) is 16.6 Å². The fourth-order valence-electron chi connectivity index (χ4n) is 0.902. The molecular formula is C7H8BrNS. The Balaban J connectivity index is 2.19. The molecule has 1 nitrogen and oxygen atoms in total. The molecule has 1 saturated carbocycles. The fourth-order valence-corrected chi connectivity index (χ4v) is 2.39. The third-order valence-electron chi connectivity index (χ3n) is 1.63. The van der Waals surface area contributed by atoms with Crippen molar-refractivity contribution in [1.29, 1.82) is 0 Å². The Morgan fingerprint density at radius 3 is 3.00 bits per heavy atom. The van der Waals surface area contributed by atoms with E-state index in [2.05, 4.69) is 26.3 Å². The number of halogens is 1. The van der Waals surface area contributed by atoms with Crippen LogP contribution in [0.4, 0.5) is 0 Å². The third kappa shape index (κ3) is 1.25. The Bertz CT molecular complexity index is 229. The molecule has 54 valence electrons. The Kier molecular flexibility index (Phi) is 1.78. The molecule has 10 heavy (non-hydrogen) atoms. The maximum Gasteiger partial charge on any atom is 0.0959 e. The van der Waals surface area contributed by atoms with Crippen molar-refractivity contribution in [3.8, 4) is 0 Å². The van der Waals surface area contributed by atoms with Crippen LogP contribution < -0.4 is 0 Å². The average molecular weight is 218 g/mol. The van der Waals surface area contributed by atoms with Crippen LogP contribution in [0.15, 0.2) is 5.38 Å². The number of hydrogen-bond acceptors (Lipinski definition) is 2. The number of nitrogens with zero attached hydrogens (tertiary/aromatic N) is 1. The number of alkyl halides is 1. The minimum atomic E-state index is 0.817. The van der Waals surface area contributed by atoms with E-state index in [-0.39, 0.29) is 0 Å². The minimum absolute atomic E-state index is 0.817. The number of hydrogen-bond donors (Lipinski definition) is 0. The quantitative estimate of drug-likeness (QED) is 0.695. The fraction of sp³-hybridized carbons (Fsp3) is 0.571. The van der Waals surface area contributed by atoms with Gasteiger partial charge in [-0.15, -0.1) is 11.3 Å². The Morgan fingerprint density at radius 2 is 2.50 bits per heavy atom. The SMILES string of the molecule is BrCc1csc(C2CC2)n1. The summed E-state index contributed by atoms with van der Waals surface area (Å²) in [6, 6.07) is 0. The average Bonchev–Trinajstić information content (AvgIpc) is 2.70. The zero-order chi connectivity index (χ0) is 6.97. The molecule has 1 fully saturated rings. The van der Waals surface area contributed by atoms with E-state index in [0.717, 1.165) is 11.2 Å². The summed E-state index contributed by atoms with van der Waals surface area (Å²) in [5.41, 5.74) is 1.19. The summed E-state index contributed by atoms with van der Waals surface area (Å²) in [6.45, 7) is 0. The van der Waals surface area contributed by atoms with E-state index in [4.69, 9.17) is 0 Å². The molecule has 0 amide bonds. The molecule has 0 aromatic carbocycles. The van der Waals surface area contributed by atoms with E-state index in [0.29, 0.717) is 0 Å². The summed E-state index contributed by atoms with van der Waals surface area (Å²) in [5, 5.41) is 4.38. The van der Waals surface area contributed by atoms with Crippen LogP contribution in [0.2, 0.25) is 0 Å². The Morgan fingerprint density at radius 1 is 1.70 bits per heavy atom. The molecule has 2 rings (SSSR count). The smallest absolute Gasteiger partial charge is 0.0959 e. The van der Waals surface area contributed by atoms with E-state index in [1.807, 2.05) is 0 Å². The molecule has 0 bridgehead atoms. The summed E-state index contributed by atoms with van der Waals surface area (Å²) in [7, 11) is 0. The van der Waals surface area contributed by atoms with Gasteiger partial charge in [-0.1, -0.05) is 15.9 Å². The van der Waals surface area contributed by atoms with Crippen molar-refractivity contribution >= 4 is 27.3 Å². The van der Waals surface area contributed by atoms with Gasteiger partial charge in [0.2, 0.25) is 0 Å². The molecule has 0 atom stereocenters. The summed E-state index contributed by atoms with van der Waals surface area (Å²) < 4.78 is 0. The molecule has 1 aromatic heterocycles. The van der Waals surface area contributed by atoms with E-state index in [1.54, 1.807) is 11.3 Å². The zero-order valence-electron chi connectivity index (χ0n) is 5.51. The minimum Gasteiger partial charge on any atom is -0.245 e. The van der Waals surface area contributed by atoms with Crippen molar-refractivity contribution in [3.05, 3.63) is 16.1 Å². The normalized spacial score (nSPS) is 17.7. The van der Waals surface area contributed by atoms with Gasteiger partial charge in [-0.2, -0.15) is 0 Å². The lowest BCUT2D eigenvalue weighted by Gasteiger charge is -1.84. The van der Waals surface area contributed by atoms with Crippen LogP contribution in [-0.4, -0.2) is 4.98 Å². The molecule has 0 N–H and O–H groups in total. The van der Waals surface area contributed by atoms with Crippen LogP contribution in [0.3, 0.4) is 0 Å². The molecule has 0 saturated heterocycles. The highest BCUT2D eigenvalue weighted by Crippen LogP contribution is 2.41. The molecule has 1 aromatic rings.